The van der Waals surface area contributed by atoms with Gasteiger partial charge in [-0.15, -0.1) is 0 Å². The lowest BCUT2D eigenvalue weighted by Gasteiger charge is -2.36. The minimum atomic E-state index is -0.322. The number of rotatable bonds is 4. The number of amides is 3. The number of hydrogen-bond donors (Lipinski definition) is 0. The van der Waals surface area contributed by atoms with Gasteiger partial charge in [0, 0.05) is 39.1 Å². The van der Waals surface area contributed by atoms with Gasteiger partial charge >= 0.3 is 0 Å². The standard InChI is InChI=1S/C21H20ClN3O3/c22-17-7-3-4-8-18(17)23-11-13-24(14-12-23)19(26)9-10-25-20(27)15-5-1-2-6-16(15)21(25)28/h1-8H,9-14H2. The number of halogens is 1. The third kappa shape index (κ3) is 3.36. The molecule has 6 nitrogen and oxygen atoms in total. The van der Waals surface area contributed by atoms with Crippen molar-refractivity contribution >= 4 is 35.0 Å². The molecule has 0 spiro atoms. The summed E-state index contributed by atoms with van der Waals surface area (Å²) in [4.78, 5) is 42.5. The molecular weight excluding hydrogens is 378 g/mol. The summed E-state index contributed by atoms with van der Waals surface area (Å²) < 4.78 is 0. The number of imide groups is 1. The third-order valence-corrected chi connectivity index (χ3v) is 5.57. The van der Waals surface area contributed by atoms with Crippen LogP contribution in [-0.4, -0.2) is 60.2 Å². The molecule has 0 aliphatic carbocycles. The maximum Gasteiger partial charge on any atom is 0.261 e. The van der Waals surface area contributed by atoms with E-state index in [2.05, 4.69) is 4.90 Å². The fourth-order valence-corrected chi connectivity index (χ4v) is 3.97. The van der Waals surface area contributed by atoms with E-state index in [9.17, 15) is 14.4 Å². The lowest BCUT2D eigenvalue weighted by atomic mass is 10.1. The second kappa shape index (κ2) is 7.64. The average Bonchev–Trinajstić information content (AvgIpc) is 2.97. The smallest absolute Gasteiger partial charge is 0.261 e. The predicted molar refractivity (Wildman–Crippen MR) is 107 cm³/mol. The number of fused-ring (bicyclic) bond motifs is 1. The van der Waals surface area contributed by atoms with Crippen LogP contribution in [0.2, 0.25) is 5.02 Å². The van der Waals surface area contributed by atoms with E-state index in [0.29, 0.717) is 42.3 Å². The molecule has 0 atom stereocenters. The number of benzene rings is 2. The summed E-state index contributed by atoms with van der Waals surface area (Å²) in [6.45, 7) is 2.68. The van der Waals surface area contributed by atoms with Crippen molar-refractivity contribution in [2.45, 2.75) is 6.42 Å². The minimum absolute atomic E-state index is 0.0460. The van der Waals surface area contributed by atoms with Crippen molar-refractivity contribution in [1.82, 2.24) is 9.80 Å². The number of piperazine rings is 1. The van der Waals surface area contributed by atoms with E-state index in [1.165, 1.54) is 4.90 Å². The highest BCUT2D eigenvalue weighted by Crippen LogP contribution is 2.26. The number of carbonyl (C=O) groups is 3. The van der Waals surface area contributed by atoms with Gasteiger partial charge in [-0.25, -0.2) is 0 Å². The second-order valence-corrected chi connectivity index (χ2v) is 7.28. The van der Waals surface area contributed by atoms with Crippen molar-refractivity contribution in [2.75, 3.05) is 37.6 Å². The van der Waals surface area contributed by atoms with Crippen LogP contribution in [0.5, 0.6) is 0 Å². The lowest BCUT2D eigenvalue weighted by Crippen LogP contribution is -2.49. The molecule has 0 saturated carbocycles. The highest BCUT2D eigenvalue weighted by Gasteiger charge is 2.35. The lowest BCUT2D eigenvalue weighted by molar-refractivity contribution is -0.131. The van der Waals surface area contributed by atoms with Crippen LogP contribution in [0.25, 0.3) is 0 Å². The van der Waals surface area contributed by atoms with Gasteiger partial charge in [0.05, 0.1) is 21.8 Å². The maximum atomic E-state index is 12.6. The summed E-state index contributed by atoms with van der Waals surface area (Å²) in [5, 5.41) is 0.702. The van der Waals surface area contributed by atoms with E-state index in [1.54, 1.807) is 29.2 Å². The molecule has 0 bridgehead atoms. The monoisotopic (exact) mass is 397 g/mol. The molecule has 1 fully saturated rings. The first kappa shape index (κ1) is 18.5. The Labute approximate surface area is 168 Å². The molecule has 0 aromatic heterocycles. The summed E-state index contributed by atoms with van der Waals surface area (Å²) >= 11 is 6.25. The van der Waals surface area contributed by atoms with Crippen molar-refractivity contribution in [2.24, 2.45) is 0 Å². The van der Waals surface area contributed by atoms with Crippen molar-refractivity contribution in [3.05, 3.63) is 64.7 Å². The van der Waals surface area contributed by atoms with Crippen LogP contribution in [0.3, 0.4) is 0 Å². The zero-order valence-electron chi connectivity index (χ0n) is 15.3. The normalized spacial score (nSPS) is 16.5. The van der Waals surface area contributed by atoms with E-state index in [1.807, 2.05) is 24.3 Å². The molecule has 144 valence electrons. The summed E-state index contributed by atoms with van der Waals surface area (Å²) in [7, 11) is 0. The second-order valence-electron chi connectivity index (χ2n) is 6.88. The minimum Gasteiger partial charge on any atom is -0.367 e. The number of hydrogen-bond acceptors (Lipinski definition) is 4. The summed E-state index contributed by atoms with van der Waals surface area (Å²) in [6, 6.07) is 14.4. The molecular formula is C21H20ClN3O3. The van der Waals surface area contributed by atoms with Crippen LogP contribution in [0.15, 0.2) is 48.5 Å². The Morgan fingerprint density at radius 3 is 2.04 bits per heavy atom. The Kier molecular flexibility index (Phi) is 5.05. The summed E-state index contributed by atoms with van der Waals surface area (Å²) in [6.07, 6.45) is 0.136. The third-order valence-electron chi connectivity index (χ3n) is 5.25. The fraction of sp³-hybridized carbons (Fsp3) is 0.286. The van der Waals surface area contributed by atoms with Gasteiger partial charge in [0.15, 0.2) is 0 Å². The van der Waals surface area contributed by atoms with Gasteiger partial charge in [-0.3, -0.25) is 19.3 Å². The Morgan fingerprint density at radius 2 is 1.43 bits per heavy atom. The Morgan fingerprint density at radius 1 is 0.857 bits per heavy atom. The quantitative estimate of drug-likeness (QED) is 0.744. The van der Waals surface area contributed by atoms with Gasteiger partial charge in [-0.1, -0.05) is 35.9 Å². The van der Waals surface area contributed by atoms with Gasteiger partial charge in [0.25, 0.3) is 11.8 Å². The number of anilines is 1. The molecule has 7 heteroatoms. The average molecular weight is 398 g/mol. The van der Waals surface area contributed by atoms with Crippen molar-refractivity contribution in [3.63, 3.8) is 0 Å². The number of para-hydroxylation sites is 1. The molecule has 4 rings (SSSR count). The Balaban J connectivity index is 1.32. The van der Waals surface area contributed by atoms with Crippen LogP contribution in [0.1, 0.15) is 27.1 Å². The summed E-state index contributed by atoms with van der Waals surface area (Å²) in [5.41, 5.74) is 1.80. The molecule has 0 unspecified atom stereocenters. The molecule has 2 aliphatic heterocycles. The Bertz CT molecular complexity index is 903. The number of carbonyl (C=O) groups excluding carboxylic acids is 3. The first-order valence-corrected chi connectivity index (χ1v) is 9.66. The highest BCUT2D eigenvalue weighted by molar-refractivity contribution is 6.33. The van der Waals surface area contributed by atoms with Gasteiger partial charge in [0.1, 0.15) is 0 Å². The maximum absolute atomic E-state index is 12.6. The van der Waals surface area contributed by atoms with Crippen LogP contribution in [0.4, 0.5) is 5.69 Å². The van der Waals surface area contributed by atoms with Crippen molar-refractivity contribution < 1.29 is 14.4 Å². The SMILES string of the molecule is O=C(CCN1C(=O)c2ccccc2C1=O)N1CCN(c2ccccc2Cl)CC1. The van der Waals surface area contributed by atoms with E-state index in [-0.39, 0.29) is 30.7 Å². The molecule has 28 heavy (non-hydrogen) atoms. The van der Waals surface area contributed by atoms with Crippen LogP contribution in [-0.2, 0) is 4.79 Å². The molecule has 2 aromatic carbocycles. The molecule has 2 heterocycles. The van der Waals surface area contributed by atoms with Crippen LogP contribution < -0.4 is 4.90 Å². The molecule has 0 N–H and O–H groups in total. The molecule has 2 aromatic rings. The fourth-order valence-electron chi connectivity index (χ4n) is 3.71. The zero-order valence-corrected chi connectivity index (χ0v) is 16.1. The zero-order chi connectivity index (χ0) is 19.7. The first-order chi connectivity index (χ1) is 13.6. The van der Waals surface area contributed by atoms with E-state index in [4.69, 9.17) is 11.6 Å². The highest BCUT2D eigenvalue weighted by atomic mass is 35.5. The van der Waals surface area contributed by atoms with Crippen molar-refractivity contribution in [3.8, 4) is 0 Å². The molecule has 1 saturated heterocycles. The van der Waals surface area contributed by atoms with Crippen molar-refractivity contribution in [1.29, 1.82) is 0 Å². The Hall–Kier alpha value is -2.86. The molecule has 0 radical (unpaired) electrons. The molecule has 3 amide bonds. The molecule has 2 aliphatic rings. The van der Waals surface area contributed by atoms with Gasteiger partial charge in [0.2, 0.25) is 5.91 Å². The largest absolute Gasteiger partial charge is 0.367 e. The number of nitrogens with zero attached hydrogens (tertiary/aromatic N) is 3. The summed E-state index contributed by atoms with van der Waals surface area (Å²) in [5.74, 6) is -0.691. The van der Waals surface area contributed by atoms with Gasteiger partial charge < -0.3 is 9.80 Å². The van der Waals surface area contributed by atoms with E-state index in [0.717, 1.165) is 5.69 Å². The van der Waals surface area contributed by atoms with Gasteiger partial charge in [-0.05, 0) is 24.3 Å². The van der Waals surface area contributed by atoms with Gasteiger partial charge in [-0.2, -0.15) is 0 Å². The van der Waals surface area contributed by atoms with E-state index >= 15 is 0 Å². The van der Waals surface area contributed by atoms with Crippen LogP contribution in [0, 0.1) is 0 Å². The topological polar surface area (TPSA) is 60.9 Å². The predicted octanol–water partition coefficient (Wildman–Crippen LogP) is 2.67. The van der Waals surface area contributed by atoms with Crippen LogP contribution >= 0.6 is 11.6 Å². The first-order valence-electron chi connectivity index (χ1n) is 9.29. The van der Waals surface area contributed by atoms with E-state index < -0.39 is 0 Å².